The van der Waals surface area contributed by atoms with Crippen molar-refractivity contribution in [3.8, 4) is 5.75 Å². The molecule has 0 aliphatic heterocycles. The first-order valence-electron chi connectivity index (χ1n) is 7.34. The monoisotopic (exact) mass is 284 g/mol. The van der Waals surface area contributed by atoms with Gasteiger partial charge in [-0.3, -0.25) is 4.79 Å². The van der Waals surface area contributed by atoms with Gasteiger partial charge in [0.25, 0.3) is 0 Å². The SMILES string of the molecule is NCC1(CC(=O)Nc2cccc3c(O)cccc23)CCC1. The summed E-state index contributed by atoms with van der Waals surface area (Å²) in [4.78, 5) is 12.3. The van der Waals surface area contributed by atoms with Crippen LogP contribution in [0, 0.1) is 5.41 Å². The van der Waals surface area contributed by atoms with Crippen LogP contribution in [0.1, 0.15) is 25.7 Å². The van der Waals surface area contributed by atoms with E-state index >= 15 is 0 Å². The highest BCUT2D eigenvalue weighted by molar-refractivity contribution is 6.04. The molecular weight excluding hydrogens is 264 g/mol. The molecule has 0 bridgehead atoms. The summed E-state index contributed by atoms with van der Waals surface area (Å²) in [6.07, 6.45) is 3.70. The van der Waals surface area contributed by atoms with E-state index in [-0.39, 0.29) is 17.1 Å². The van der Waals surface area contributed by atoms with E-state index in [1.807, 2.05) is 24.3 Å². The minimum absolute atomic E-state index is 0.00317. The highest BCUT2D eigenvalue weighted by Gasteiger charge is 2.37. The molecule has 1 amide bonds. The van der Waals surface area contributed by atoms with Gasteiger partial charge in [0.1, 0.15) is 5.75 Å². The molecule has 0 atom stereocenters. The second kappa shape index (κ2) is 5.37. The minimum Gasteiger partial charge on any atom is -0.507 e. The minimum atomic E-state index is -0.00371. The van der Waals surface area contributed by atoms with Gasteiger partial charge in [-0.15, -0.1) is 0 Å². The largest absolute Gasteiger partial charge is 0.507 e. The zero-order valence-corrected chi connectivity index (χ0v) is 11.9. The summed E-state index contributed by atoms with van der Waals surface area (Å²) < 4.78 is 0. The number of rotatable bonds is 4. The molecule has 0 spiro atoms. The molecule has 110 valence electrons. The summed E-state index contributed by atoms with van der Waals surface area (Å²) in [7, 11) is 0. The molecule has 2 aromatic carbocycles. The molecule has 4 heteroatoms. The average molecular weight is 284 g/mol. The second-order valence-electron chi connectivity index (χ2n) is 5.96. The van der Waals surface area contributed by atoms with Gasteiger partial charge in [-0.05, 0) is 36.9 Å². The lowest BCUT2D eigenvalue weighted by atomic mass is 9.66. The van der Waals surface area contributed by atoms with Crippen molar-refractivity contribution in [1.29, 1.82) is 0 Å². The van der Waals surface area contributed by atoms with Crippen LogP contribution in [0.25, 0.3) is 10.8 Å². The fourth-order valence-electron chi connectivity index (χ4n) is 3.07. The van der Waals surface area contributed by atoms with Gasteiger partial charge < -0.3 is 16.2 Å². The Balaban J connectivity index is 1.82. The maximum Gasteiger partial charge on any atom is 0.224 e. The smallest absolute Gasteiger partial charge is 0.224 e. The van der Waals surface area contributed by atoms with Gasteiger partial charge in [-0.1, -0.05) is 30.7 Å². The lowest BCUT2D eigenvalue weighted by molar-refractivity contribution is -0.119. The summed E-state index contributed by atoms with van der Waals surface area (Å²) in [5, 5.41) is 14.4. The summed E-state index contributed by atoms with van der Waals surface area (Å²) in [5.74, 6) is 0.219. The van der Waals surface area contributed by atoms with Crippen LogP contribution in [0.2, 0.25) is 0 Å². The fraction of sp³-hybridized carbons (Fsp3) is 0.353. The van der Waals surface area contributed by atoms with Gasteiger partial charge in [0, 0.05) is 22.9 Å². The molecule has 1 aliphatic carbocycles. The van der Waals surface area contributed by atoms with E-state index in [4.69, 9.17) is 5.73 Å². The van der Waals surface area contributed by atoms with E-state index in [1.165, 1.54) is 0 Å². The molecule has 0 heterocycles. The lowest BCUT2D eigenvalue weighted by Crippen LogP contribution is -2.40. The Kier molecular flexibility index (Phi) is 3.55. The fourth-order valence-corrected chi connectivity index (χ4v) is 3.07. The van der Waals surface area contributed by atoms with Gasteiger partial charge in [0.05, 0.1) is 0 Å². The maximum atomic E-state index is 12.3. The number of fused-ring (bicyclic) bond motifs is 1. The van der Waals surface area contributed by atoms with Crippen LogP contribution in [0.4, 0.5) is 5.69 Å². The number of aromatic hydroxyl groups is 1. The highest BCUT2D eigenvalue weighted by Crippen LogP contribution is 2.43. The van der Waals surface area contributed by atoms with Crippen LogP contribution < -0.4 is 11.1 Å². The molecule has 21 heavy (non-hydrogen) atoms. The Morgan fingerprint density at radius 2 is 1.90 bits per heavy atom. The number of nitrogens with two attached hydrogens (primary N) is 1. The van der Waals surface area contributed by atoms with E-state index in [0.717, 1.165) is 35.7 Å². The van der Waals surface area contributed by atoms with Gasteiger partial charge in [-0.2, -0.15) is 0 Å². The number of carbonyl (C=O) groups is 1. The molecule has 3 rings (SSSR count). The van der Waals surface area contributed by atoms with Crippen molar-refractivity contribution in [1.82, 2.24) is 0 Å². The summed E-state index contributed by atoms with van der Waals surface area (Å²) in [6, 6.07) is 10.8. The van der Waals surface area contributed by atoms with Crippen molar-refractivity contribution in [2.24, 2.45) is 11.1 Å². The molecule has 0 saturated heterocycles. The third-order valence-electron chi connectivity index (χ3n) is 4.56. The number of carbonyl (C=O) groups excluding carboxylic acids is 1. The number of nitrogens with one attached hydrogen (secondary N) is 1. The van der Waals surface area contributed by atoms with Crippen LogP contribution in [-0.4, -0.2) is 17.6 Å². The van der Waals surface area contributed by atoms with Crippen LogP contribution in [0.5, 0.6) is 5.75 Å². The Hall–Kier alpha value is -2.07. The number of phenolic OH excluding ortho intramolecular Hbond substituents is 1. The standard InChI is InChI=1S/C17H20N2O2/c18-11-17(8-3-9-17)10-16(21)19-14-6-1-5-13-12(14)4-2-7-15(13)20/h1-2,4-7,20H,3,8-11,18H2,(H,19,21). The van der Waals surface area contributed by atoms with Crippen molar-refractivity contribution in [3.63, 3.8) is 0 Å². The first-order valence-corrected chi connectivity index (χ1v) is 7.34. The Morgan fingerprint density at radius 1 is 1.19 bits per heavy atom. The highest BCUT2D eigenvalue weighted by atomic mass is 16.3. The number of anilines is 1. The zero-order valence-electron chi connectivity index (χ0n) is 11.9. The lowest BCUT2D eigenvalue weighted by Gasteiger charge is -2.40. The predicted octanol–water partition coefficient (Wildman–Crippen LogP) is 3.00. The second-order valence-corrected chi connectivity index (χ2v) is 5.96. The van der Waals surface area contributed by atoms with E-state index in [2.05, 4.69) is 5.32 Å². The number of amides is 1. The molecule has 0 radical (unpaired) electrons. The summed E-state index contributed by atoms with van der Waals surface area (Å²) in [6.45, 7) is 0.566. The molecule has 0 unspecified atom stereocenters. The first kappa shape index (κ1) is 13.9. The van der Waals surface area contributed by atoms with Gasteiger partial charge >= 0.3 is 0 Å². The van der Waals surface area contributed by atoms with Crippen molar-refractivity contribution in [2.75, 3.05) is 11.9 Å². The van der Waals surface area contributed by atoms with Crippen molar-refractivity contribution >= 4 is 22.4 Å². The van der Waals surface area contributed by atoms with Crippen molar-refractivity contribution < 1.29 is 9.90 Å². The third kappa shape index (κ3) is 2.59. The van der Waals surface area contributed by atoms with Gasteiger partial charge in [-0.25, -0.2) is 0 Å². The summed E-state index contributed by atoms with van der Waals surface area (Å²) in [5.41, 5.74) is 6.54. The van der Waals surface area contributed by atoms with E-state index in [9.17, 15) is 9.90 Å². The van der Waals surface area contributed by atoms with E-state index in [0.29, 0.717) is 13.0 Å². The topological polar surface area (TPSA) is 75.4 Å². The summed E-state index contributed by atoms with van der Waals surface area (Å²) >= 11 is 0. The Bertz CT molecular complexity index is 672. The molecule has 1 aliphatic rings. The normalized spacial score (nSPS) is 16.4. The Morgan fingerprint density at radius 3 is 2.57 bits per heavy atom. The average Bonchev–Trinajstić information content (AvgIpc) is 2.44. The quantitative estimate of drug-likeness (QED) is 0.808. The Labute approximate surface area is 124 Å². The first-order chi connectivity index (χ1) is 10.1. The van der Waals surface area contributed by atoms with Crippen LogP contribution in [0.3, 0.4) is 0 Å². The van der Waals surface area contributed by atoms with Gasteiger partial charge in [0.2, 0.25) is 5.91 Å². The van der Waals surface area contributed by atoms with Crippen LogP contribution in [-0.2, 0) is 4.79 Å². The predicted molar refractivity (Wildman–Crippen MR) is 84.2 cm³/mol. The van der Waals surface area contributed by atoms with Crippen molar-refractivity contribution in [2.45, 2.75) is 25.7 Å². The molecule has 4 nitrogen and oxygen atoms in total. The van der Waals surface area contributed by atoms with Gasteiger partial charge in [0.15, 0.2) is 0 Å². The van der Waals surface area contributed by atoms with E-state index in [1.54, 1.807) is 12.1 Å². The maximum absolute atomic E-state index is 12.3. The molecule has 1 saturated carbocycles. The molecule has 4 N–H and O–H groups in total. The third-order valence-corrected chi connectivity index (χ3v) is 4.56. The molecule has 0 aromatic heterocycles. The van der Waals surface area contributed by atoms with Crippen LogP contribution in [0.15, 0.2) is 36.4 Å². The van der Waals surface area contributed by atoms with Crippen LogP contribution >= 0.6 is 0 Å². The number of hydrogen-bond acceptors (Lipinski definition) is 3. The molecule has 1 fully saturated rings. The number of hydrogen-bond donors (Lipinski definition) is 3. The van der Waals surface area contributed by atoms with E-state index < -0.39 is 0 Å². The van der Waals surface area contributed by atoms with Crippen molar-refractivity contribution in [3.05, 3.63) is 36.4 Å². The molecule has 2 aromatic rings. The number of phenols is 1. The zero-order chi connectivity index (χ0) is 14.9. The number of benzene rings is 2. The molecular formula is C17H20N2O2.